The molecule has 0 aliphatic carbocycles. The van der Waals surface area contributed by atoms with Gasteiger partial charge in [-0.1, -0.05) is 56.7 Å². The molecule has 0 spiro atoms. The number of imidazole rings is 1. The van der Waals surface area contributed by atoms with Gasteiger partial charge in [0.25, 0.3) is 5.82 Å². The Bertz CT molecular complexity index is 1040. The predicted octanol–water partition coefficient (Wildman–Crippen LogP) is 6.16. The van der Waals surface area contributed by atoms with Crippen LogP contribution >= 0.6 is 0 Å². The van der Waals surface area contributed by atoms with Crippen LogP contribution in [0.5, 0.6) is 0 Å². The third kappa shape index (κ3) is 2.30. The lowest BCUT2D eigenvalue weighted by molar-refractivity contribution is -0.764. The molecule has 2 heteroatoms. The fourth-order valence-electron chi connectivity index (χ4n) is 5.63. The Hall–Kier alpha value is -2.35. The van der Waals surface area contributed by atoms with Gasteiger partial charge >= 0.3 is 0 Å². The van der Waals surface area contributed by atoms with Crippen molar-refractivity contribution >= 4 is 0 Å². The molecule has 1 aromatic heterocycles. The van der Waals surface area contributed by atoms with Crippen LogP contribution in [0.25, 0.3) is 17.1 Å². The van der Waals surface area contributed by atoms with Crippen LogP contribution in [0.2, 0.25) is 0 Å². The first-order valence-electron chi connectivity index (χ1n) is 10.6. The second kappa shape index (κ2) is 6.34. The summed E-state index contributed by atoms with van der Waals surface area (Å²) in [4.78, 5) is 0. The summed E-state index contributed by atoms with van der Waals surface area (Å²) in [6, 6.07) is 13.6. The standard InChI is InChI=1S/C26H33N2/c1-8-25(6)22-13-11-10-12-21(22)24-27(14-15-28(24)26(25,7)9-2)23-19(4)16-18(3)17-20(23)5/h10-17H,8-9H2,1-7H3/q+1. The van der Waals surface area contributed by atoms with Crippen molar-refractivity contribution in [3.05, 3.63) is 71.0 Å². The molecule has 4 rings (SSSR count). The van der Waals surface area contributed by atoms with Gasteiger partial charge in [-0.2, -0.15) is 4.57 Å². The van der Waals surface area contributed by atoms with Crippen molar-refractivity contribution in [3.8, 4) is 17.1 Å². The third-order valence-corrected chi connectivity index (χ3v) is 7.58. The summed E-state index contributed by atoms with van der Waals surface area (Å²) in [5.74, 6) is 1.31. The van der Waals surface area contributed by atoms with Crippen molar-refractivity contribution in [2.75, 3.05) is 0 Å². The van der Waals surface area contributed by atoms with E-state index in [0.717, 1.165) is 12.8 Å². The Morgan fingerprint density at radius 1 is 0.929 bits per heavy atom. The van der Waals surface area contributed by atoms with Crippen LogP contribution in [0.1, 0.15) is 62.8 Å². The fourth-order valence-corrected chi connectivity index (χ4v) is 5.63. The van der Waals surface area contributed by atoms with Gasteiger partial charge in [0.1, 0.15) is 23.6 Å². The SMILES string of the molecule is CCC1(C)c2ccccc2-c2n(-c3c(C)cc(C)cc3C)cc[n+]2C1(C)CC. The summed E-state index contributed by atoms with van der Waals surface area (Å²) < 4.78 is 4.98. The normalized spacial score (nSPS) is 23.4. The Balaban J connectivity index is 2.10. The maximum absolute atomic E-state index is 2.55. The van der Waals surface area contributed by atoms with Crippen LogP contribution in [0.4, 0.5) is 0 Å². The lowest BCUT2D eigenvalue weighted by Gasteiger charge is -2.47. The minimum absolute atomic E-state index is 0.0309. The van der Waals surface area contributed by atoms with Gasteiger partial charge in [0.15, 0.2) is 0 Å². The van der Waals surface area contributed by atoms with E-state index in [1.165, 1.54) is 39.3 Å². The molecule has 0 amide bonds. The molecule has 3 aromatic rings. The van der Waals surface area contributed by atoms with E-state index in [1.54, 1.807) is 0 Å². The van der Waals surface area contributed by atoms with Gasteiger partial charge in [-0.3, -0.25) is 0 Å². The molecule has 2 nitrogen and oxygen atoms in total. The monoisotopic (exact) mass is 373 g/mol. The Morgan fingerprint density at radius 2 is 1.57 bits per heavy atom. The highest BCUT2D eigenvalue weighted by molar-refractivity contribution is 5.66. The molecule has 2 atom stereocenters. The van der Waals surface area contributed by atoms with Crippen molar-refractivity contribution in [3.63, 3.8) is 0 Å². The van der Waals surface area contributed by atoms with Crippen molar-refractivity contribution in [2.45, 2.75) is 72.3 Å². The van der Waals surface area contributed by atoms with Crippen LogP contribution in [0.3, 0.4) is 0 Å². The van der Waals surface area contributed by atoms with Crippen molar-refractivity contribution in [1.82, 2.24) is 4.57 Å². The number of fused-ring (bicyclic) bond motifs is 3. The van der Waals surface area contributed by atoms with Gasteiger partial charge < -0.3 is 0 Å². The van der Waals surface area contributed by atoms with Gasteiger partial charge in [0.2, 0.25) is 0 Å². The molecule has 2 aromatic carbocycles. The van der Waals surface area contributed by atoms with Crippen molar-refractivity contribution < 1.29 is 4.57 Å². The average Bonchev–Trinajstić information content (AvgIpc) is 3.10. The van der Waals surface area contributed by atoms with Gasteiger partial charge in [-0.15, -0.1) is 0 Å². The largest absolute Gasteiger partial charge is 0.294 e. The minimum Gasteiger partial charge on any atom is -0.224 e. The highest BCUT2D eigenvalue weighted by Crippen LogP contribution is 2.49. The molecule has 28 heavy (non-hydrogen) atoms. The Kier molecular flexibility index (Phi) is 4.30. The zero-order valence-electron chi connectivity index (χ0n) is 18.4. The molecule has 0 bridgehead atoms. The predicted molar refractivity (Wildman–Crippen MR) is 117 cm³/mol. The van der Waals surface area contributed by atoms with E-state index in [-0.39, 0.29) is 11.0 Å². The van der Waals surface area contributed by atoms with Crippen LogP contribution in [0.15, 0.2) is 48.8 Å². The first-order valence-corrected chi connectivity index (χ1v) is 10.6. The quantitative estimate of drug-likeness (QED) is 0.486. The van der Waals surface area contributed by atoms with E-state index in [1.807, 2.05) is 0 Å². The number of benzene rings is 2. The minimum atomic E-state index is 0.0309. The first kappa shape index (κ1) is 19.0. The fraction of sp³-hybridized carbons (Fsp3) is 0.423. The van der Waals surface area contributed by atoms with Crippen LogP contribution < -0.4 is 4.57 Å². The summed E-state index contributed by atoms with van der Waals surface area (Å²) in [7, 11) is 0. The molecule has 2 heterocycles. The number of hydrogen-bond donors (Lipinski definition) is 0. The molecule has 0 saturated heterocycles. The maximum Gasteiger partial charge on any atom is 0.294 e. The Labute approximate surface area is 169 Å². The van der Waals surface area contributed by atoms with E-state index in [9.17, 15) is 0 Å². The number of nitrogens with zero attached hydrogens (tertiary/aromatic N) is 2. The number of rotatable bonds is 3. The molecule has 146 valence electrons. The van der Waals surface area contributed by atoms with E-state index in [2.05, 4.69) is 106 Å². The molecule has 0 saturated carbocycles. The number of aryl methyl sites for hydroxylation is 3. The summed E-state index contributed by atoms with van der Waals surface area (Å²) in [6.07, 6.45) is 6.79. The number of aromatic nitrogens is 2. The highest BCUT2D eigenvalue weighted by Gasteiger charge is 2.55. The molecule has 2 unspecified atom stereocenters. The smallest absolute Gasteiger partial charge is 0.224 e. The summed E-state index contributed by atoms with van der Waals surface area (Å²) in [6.45, 7) is 16.2. The maximum atomic E-state index is 2.55. The van der Waals surface area contributed by atoms with Gasteiger partial charge in [0, 0.05) is 5.41 Å². The van der Waals surface area contributed by atoms with E-state index in [4.69, 9.17) is 0 Å². The van der Waals surface area contributed by atoms with Crippen LogP contribution in [-0.2, 0) is 11.0 Å². The molecular formula is C26H33N2+. The second-order valence-electron chi connectivity index (χ2n) is 8.97. The van der Waals surface area contributed by atoms with E-state index >= 15 is 0 Å². The molecule has 0 radical (unpaired) electrons. The summed E-state index contributed by atoms with van der Waals surface area (Å²) >= 11 is 0. The Morgan fingerprint density at radius 3 is 2.18 bits per heavy atom. The highest BCUT2D eigenvalue weighted by atomic mass is 15.2. The lowest BCUT2D eigenvalue weighted by Crippen LogP contribution is -2.67. The molecule has 0 N–H and O–H groups in total. The zero-order valence-corrected chi connectivity index (χ0v) is 18.4. The van der Waals surface area contributed by atoms with Crippen molar-refractivity contribution in [2.24, 2.45) is 0 Å². The first-order chi connectivity index (χ1) is 13.3. The third-order valence-electron chi connectivity index (χ3n) is 7.58. The van der Waals surface area contributed by atoms with Gasteiger partial charge in [-0.05, 0) is 63.3 Å². The zero-order chi connectivity index (χ0) is 20.3. The molecular weight excluding hydrogens is 340 g/mol. The second-order valence-corrected chi connectivity index (χ2v) is 8.97. The summed E-state index contributed by atoms with van der Waals surface area (Å²) in [5.41, 5.74) is 8.26. The van der Waals surface area contributed by atoms with Gasteiger partial charge in [0.05, 0.1) is 5.56 Å². The molecule has 1 aliphatic heterocycles. The summed E-state index contributed by atoms with van der Waals surface area (Å²) in [5, 5.41) is 0. The number of hydrogen-bond acceptors (Lipinski definition) is 0. The molecule has 0 fully saturated rings. The topological polar surface area (TPSA) is 8.81 Å². The lowest BCUT2D eigenvalue weighted by atomic mass is 9.61. The average molecular weight is 374 g/mol. The van der Waals surface area contributed by atoms with Crippen molar-refractivity contribution in [1.29, 1.82) is 0 Å². The van der Waals surface area contributed by atoms with Crippen LogP contribution in [-0.4, -0.2) is 4.57 Å². The van der Waals surface area contributed by atoms with E-state index < -0.39 is 0 Å². The van der Waals surface area contributed by atoms with Gasteiger partial charge in [-0.25, -0.2) is 4.57 Å². The van der Waals surface area contributed by atoms with Crippen LogP contribution in [0, 0.1) is 20.8 Å². The molecule has 1 aliphatic rings. The van der Waals surface area contributed by atoms with E-state index in [0.29, 0.717) is 0 Å².